The lowest BCUT2D eigenvalue weighted by molar-refractivity contribution is 0.403. The summed E-state index contributed by atoms with van der Waals surface area (Å²) in [5, 5.41) is 6.87. The molecule has 0 spiro atoms. The van der Waals surface area contributed by atoms with Crippen LogP contribution in [0.1, 0.15) is 37.0 Å². The Morgan fingerprint density at radius 1 is 1.19 bits per heavy atom. The zero-order valence-corrected chi connectivity index (χ0v) is 14.4. The van der Waals surface area contributed by atoms with E-state index >= 15 is 0 Å². The summed E-state index contributed by atoms with van der Waals surface area (Å²) in [6.07, 6.45) is 0. The maximum absolute atomic E-state index is 4.73. The molecule has 0 amide bonds. The lowest BCUT2D eigenvalue weighted by atomic mass is 9.98. The third kappa shape index (κ3) is 4.55. The van der Waals surface area contributed by atoms with Crippen LogP contribution in [0, 0.1) is 0 Å². The van der Waals surface area contributed by atoms with Crippen molar-refractivity contribution in [3.05, 3.63) is 45.9 Å². The van der Waals surface area contributed by atoms with Crippen molar-refractivity contribution in [3.8, 4) is 0 Å². The fourth-order valence-electron chi connectivity index (χ4n) is 2.09. The Morgan fingerprint density at radius 3 is 2.52 bits per heavy atom. The van der Waals surface area contributed by atoms with Crippen molar-refractivity contribution in [2.45, 2.75) is 39.3 Å². The lowest BCUT2D eigenvalue weighted by Crippen LogP contribution is -2.13. The van der Waals surface area contributed by atoms with Crippen LogP contribution >= 0.6 is 11.3 Å². The number of hydrogen-bond acceptors (Lipinski definition) is 4. The van der Waals surface area contributed by atoms with Crippen LogP contribution in [0.3, 0.4) is 0 Å². The van der Waals surface area contributed by atoms with Gasteiger partial charge in [0.2, 0.25) is 0 Å². The maximum atomic E-state index is 4.73. The van der Waals surface area contributed by atoms with E-state index in [2.05, 4.69) is 74.7 Å². The molecule has 3 nitrogen and oxygen atoms in total. The topological polar surface area (TPSA) is 28.2 Å². The molecule has 2 aromatic rings. The van der Waals surface area contributed by atoms with Crippen LogP contribution in [0.2, 0.25) is 0 Å². The van der Waals surface area contributed by atoms with Gasteiger partial charge >= 0.3 is 0 Å². The van der Waals surface area contributed by atoms with Gasteiger partial charge in [0.1, 0.15) is 0 Å². The molecule has 1 N–H and O–H groups in total. The molecule has 0 atom stereocenters. The maximum Gasteiger partial charge on any atom is 0.0982 e. The first kappa shape index (κ1) is 16.0. The van der Waals surface area contributed by atoms with Crippen LogP contribution in [0.4, 0.5) is 5.69 Å². The van der Waals surface area contributed by atoms with Gasteiger partial charge in [-0.2, -0.15) is 0 Å². The Morgan fingerprint density at radius 2 is 1.90 bits per heavy atom. The average Bonchev–Trinajstić information content (AvgIpc) is 2.86. The van der Waals surface area contributed by atoms with Crippen molar-refractivity contribution in [2.75, 3.05) is 19.4 Å². The molecule has 1 aromatic carbocycles. The van der Waals surface area contributed by atoms with Crippen LogP contribution in [0.25, 0.3) is 0 Å². The third-order valence-electron chi connectivity index (χ3n) is 3.16. The van der Waals surface area contributed by atoms with E-state index in [1.54, 1.807) is 11.3 Å². The Labute approximate surface area is 132 Å². The number of rotatable bonds is 5. The first-order valence-electron chi connectivity index (χ1n) is 7.27. The van der Waals surface area contributed by atoms with E-state index in [-0.39, 0.29) is 5.41 Å². The number of nitrogens with one attached hydrogen (secondary N) is 1. The van der Waals surface area contributed by atoms with Crippen molar-refractivity contribution >= 4 is 17.0 Å². The summed E-state index contributed by atoms with van der Waals surface area (Å²) in [6.45, 7) is 8.32. The molecule has 2 rings (SSSR count). The molecule has 0 bridgehead atoms. The molecule has 1 heterocycles. The van der Waals surface area contributed by atoms with Gasteiger partial charge in [-0.1, -0.05) is 39.0 Å². The van der Waals surface area contributed by atoms with Crippen LogP contribution in [0.15, 0.2) is 29.6 Å². The average molecular weight is 303 g/mol. The van der Waals surface area contributed by atoms with E-state index in [1.807, 2.05) is 0 Å². The molecule has 0 fully saturated rings. The molecule has 0 aliphatic carbocycles. The number of para-hydroxylation sites is 1. The quantitative estimate of drug-likeness (QED) is 0.901. The second-order valence-corrected chi connectivity index (χ2v) is 7.50. The van der Waals surface area contributed by atoms with Crippen LogP contribution in [0.5, 0.6) is 0 Å². The van der Waals surface area contributed by atoms with Crippen molar-refractivity contribution in [1.82, 2.24) is 9.88 Å². The summed E-state index contributed by atoms with van der Waals surface area (Å²) < 4.78 is 0. The Bertz CT molecular complexity index is 582. The number of nitrogens with zero attached hydrogens (tertiary/aromatic N) is 2. The SMILES string of the molecule is CN(C)Cc1ccccc1NCc1csc(C(C)(C)C)n1. The molecular formula is C17H25N3S. The Balaban J connectivity index is 2.05. The number of hydrogen-bond donors (Lipinski definition) is 1. The third-order valence-corrected chi connectivity index (χ3v) is 4.47. The fraction of sp³-hybridized carbons (Fsp3) is 0.471. The van der Waals surface area contributed by atoms with Gasteiger partial charge in [-0.3, -0.25) is 0 Å². The van der Waals surface area contributed by atoms with Crippen LogP contribution in [-0.2, 0) is 18.5 Å². The molecule has 0 saturated carbocycles. The lowest BCUT2D eigenvalue weighted by Gasteiger charge is -2.15. The van der Waals surface area contributed by atoms with E-state index < -0.39 is 0 Å². The molecule has 1 aromatic heterocycles. The van der Waals surface area contributed by atoms with Gasteiger partial charge in [0.15, 0.2) is 0 Å². The van der Waals surface area contributed by atoms with Gasteiger partial charge in [-0.15, -0.1) is 11.3 Å². The molecule has 0 saturated heterocycles. The summed E-state index contributed by atoms with van der Waals surface area (Å²) >= 11 is 1.75. The van der Waals surface area contributed by atoms with Gasteiger partial charge in [-0.25, -0.2) is 4.98 Å². The highest BCUT2D eigenvalue weighted by molar-refractivity contribution is 7.09. The molecule has 114 valence electrons. The van der Waals surface area contributed by atoms with Gasteiger partial charge in [0, 0.05) is 23.0 Å². The monoisotopic (exact) mass is 303 g/mol. The molecule has 4 heteroatoms. The molecule has 0 aliphatic rings. The van der Waals surface area contributed by atoms with E-state index in [0.717, 1.165) is 18.8 Å². The van der Waals surface area contributed by atoms with Gasteiger partial charge in [0.25, 0.3) is 0 Å². The highest BCUT2D eigenvalue weighted by atomic mass is 32.1. The molecule has 0 radical (unpaired) electrons. The molecule has 0 unspecified atom stereocenters. The molecule has 0 aliphatic heterocycles. The number of thiazole rings is 1. The van der Waals surface area contributed by atoms with E-state index in [0.29, 0.717) is 0 Å². The summed E-state index contributed by atoms with van der Waals surface area (Å²) in [4.78, 5) is 6.91. The zero-order valence-electron chi connectivity index (χ0n) is 13.6. The summed E-state index contributed by atoms with van der Waals surface area (Å²) in [5.74, 6) is 0. The first-order chi connectivity index (χ1) is 9.86. The highest BCUT2D eigenvalue weighted by Crippen LogP contribution is 2.26. The Hall–Kier alpha value is -1.39. The van der Waals surface area contributed by atoms with E-state index in [4.69, 9.17) is 4.98 Å². The summed E-state index contributed by atoms with van der Waals surface area (Å²) in [7, 11) is 4.18. The minimum absolute atomic E-state index is 0.131. The van der Waals surface area contributed by atoms with Gasteiger partial charge in [-0.05, 0) is 25.7 Å². The van der Waals surface area contributed by atoms with Crippen molar-refractivity contribution < 1.29 is 0 Å². The van der Waals surface area contributed by atoms with Gasteiger partial charge < -0.3 is 10.2 Å². The predicted octanol–water partition coefficient (Wildman–Crippen LogP) is 4.11. The predicted molar refractivity (Wildman–Crippen MR) is 92.0 cm³/mol. The van der Waals surface area contributed by atoms with Crippen molar-refractivity contribution in [2.24, 2.45) is 0 Å². The largest absolute Gasteiger partial charge is 0.379 e. The minimum Gasteiger partial charge on any atom is -0.379 e. The fourth-order valence-corrected chi connectivity index (χ4v) is 3.00. The zero-order chi connectivity index (χ0) is 15.5. The van der Waals surface area contributed by atoms with Gasteiger partial charge in [0.05, 0.1) is 17.2 Å². The standard InChI is InChI=1S/C17H25N3S/c1-17(2,3)16-19-14(12-21-16)10-18-15-9-7-6-8-13(15)11-20(4)5/h6-9,12,18H,10-11H2,1-5H3. The second-order valence-electron chi connectivity index (χ2n) is 6.64. The first-order valence-corrected chi connectivity index (χ1v) is 8.15. The number of aromatic nitrogens is 1. The van der Waals surface area contributed by atoms with Crippen LogP contribution in [-0.4, -0.2) is 24.0 Å². The molecule has 21 heavy (non-hydrogen) atoms. The summed E-state index contributed by atoms with van der Waals surface area (Å²) in [5.41, 5.74) is 3.75. The normalized spacial score (nSPS) is 11.9. The second kappa shape index (κ2) is 6.58. The number of benzene rings is 1. The van der Waals surface area contributed by atoms with Crippen molar-refractivity contribution in [1.29, 1.82) is 0 Å². The molecular weight excluding hydrogens is 278 g/mol. The van der Waals surface area contributed by atoms with E-state index in [9.17, 15) is 0 Å². The summed E-state index contributed by atoms with van der Waals surface area (Å²) in [6, 6.07) is 8.47. The minimum atomic E-state index is 0.131. The van der Waals surface area contributed by atoms with E-state index in [1.165, 1.54) is 16.3 Å². The Kier molecular flexibility index (Phi) is 5.01. The highest BCUT2D eigenvalue weighted by Gasteiger charge is 2.17. The smallest absolute Gasteiger partial charge is 0.0982 e. The van der Waals surface area contributed by atoms with Crippen molar-refractivity contribution in [3.63, 3.8) is 0 Å². The number of anilines is 1. The van der Waals surface area contributed by atoms with Crippen LogP contribution < -0.4 is 5.32 Å².